The first-order valence-corrected chi connectivity index (χ1v) is 11.8. The Kier molecular flexibility index (Phi) is 5.38. The third-order valence-corrected chi connectivity index (χ3v) is 7.07. The van der Waals surface area contributed by atoms with Gasteiger partial charge in [0, 0.05) is 23.8 Å². The summed E-state index contributed by atoms with van der Waals surface area (Å²) in [6.07, 6.45) is 6.13. The molecule has 0 atom stereocenters. The molecule has 170 valence electrons. The highest BCUT2D eigenvalue weighted by Crippen LogP contribution is 2.30. The molecule has 2 N–H and O–H groups in total. The summed E-state index contributed by atoms with van der Waals surface area (Å²) in [7, 11) is 0. The van der Waals surface area contributed by atoms with Gasteiger partial charge < -0.3 is 10.6 Å². The Morgan fingerprint density at radius 2 is 2.09 bits per heavy atom. The fourth-order valence-corrected chi connectivity index (χ4v) is 4.98. The Morgan fingerprint density at radius 1 is 1.24 bits per heavy atom. The van der Waals surface area contributed by atoms with Crippen LogP contribution in [0.4, 0.5) is 11.6 Å². The Hall–Kier alpha value is -3.30. The van der Waals surface area contributed by atoms with Crippen LogP contribution in [-0.2, 0) is 24.9 Å². The maximum atomic E-state index is 13.1. The van der Waals surface area contributed by atoms with Crippen LogP contribution in [0.2, 0.25) is 0 Å². The lowest BCUT2D eigenvalue weighted by Gasteiger charge is -2.18. The molecule has 9 heteroatoms. The van der Waals surface area contributed by atoms with Crippen molar-refractivity contribution >= 4 is 34.0 Å². The van der Waals surface area contributed by atoms with Gasteiger partial charge in [-0.25, -0.2) is 19.3 Å². The standard InChI is InChI=1S/C24H27N7OS/c1-5-10-30-21(32)18-13-27-23(28-17-7-6-15-8-9-25-12-16(15)11-17)29-20(18)31(30)19-14-26-22(33-19)24(2,3)4/h5-7,11,13-14,25H,1,8-10,12H2,2-4H3,(H,27,28,29). The Labute approximate surface area is 196 Å². The van der Waals surface area contributed by atoms with E-state index in [1.54, 1.807) is 34.5 Å². The summed E-state index contributed by atoms with van der Waals surface area (Å²) in [5, 5.41) is 9.00. The quantitative estimate of drug-likeness (QED) is 0.438. The van der Waals surface area contributed by atoms with Gasteiger partial charge >= 0.3 is 0 Å². The molecule has 0 bridgehead atoms. The van der Waals surface area contributed by atoms with Crippen molar-refractivity contribution in [2.24, 2.45) is 0 Å². The number of hydrogen-bond acceptors (Lipinski definition) is 7. The second-order valence-electron chi connectivity index (χ2n) is 9.21. The molecule has 0 fully saturated rings. The van der Waals surface area contributed by atoms with Crippen molar-refractivity contribution in [1.82, 2.24) is 29.6 Å². The van der Waals surface area contributed by atoms with E-state index in [-0.39, 0.29) is 11.0 Å². The zero-order chi connectivity index (χ0) is 23.2. The summed E-state index contributed by atoms with van der Waals surface area (Å²) < 4.78 is 3.45. The van der Waals surface area contributed by atoms with Gasteiger partial charge in [0.25, 0.3) is 5.56 Å². The summed E-state index contributed by atoms with van der Waals surface area (Å²) in [5.74, 6) is 0.441. The number of allylic oxidation sites excluding steroid dienone is 1. The van der Waals surface area contributed by atoms with E-state index in [0.717, 1.165) is 35.2 Å². The van der Waals surface area contributed by atoms with Crippen LogP contribution in [0.3, 0.4) is 0 Å². The molecular formula is C24H27N7OS. The molecule has 4 aromatic rings. The van der Waals surface area contributed by atoms with E-state index >= 15 is 0 Å². The Morgan fingerprint density at radius 3 is 2.85 bits per heavy atom. The van der Waals surface area contributed by atoms with E-state index in [9.17, 15) is 4.79 Å². The molecule has 0 radical (unpaired) electrons. The predicted octanol–water partition coefficient (Wildman–Crippen LogP) is 3.91. The molecule has 0 unspecified atom stereocenters. The highest BCUT2D eigenvalue weighted by atomic mass is 32.1. The molecule has 0 saturated heterocycles. The largest absolute Gasteiger partial charge is 0.324 e. The third-order valence-electron chi connectivity index (χ3n) is 5.67. The van der Waals surface area contributed by atoms with Crippen LogP contribution in [0.25, 0.3) is 16.0 Å². The molecule has 3 aromatic heterocycles. The van der Waals surface area contributed by atoms with E-state index < -0.39 is 0 Å². The van der Waals surface area contributed by atoms with Gasteiger partial charge in [0.05, 0.1) is 12.7 Å². The average Bonchev–Trinajstić information content (AvgIpc) is 3.38. The molecule has 4 heterocycles. The maximum absolute atomic E-state index is 13.1. The minimum Gasteiger partial charge on any atom is -0.324 e. The fourth-order valence-electron chi connectivity index (χ4n) is 4.00. The van der Waals surface area contributed by atoms with E-state index in [4.69, 9.17) is 4.98 Å². The lowest BCUT2D eigenvalue weighted by atomic mass is 9.98. The van der Waals surface area contributed by atoms with Gasteiger partial charge in [-0.05, 0) is 36.2 Å². The number of anilines is 2. The Balaban J connectivity index is 1.59. The van der Waals surface area contributed by atoms with Crippen LogP contribution in [0.15, 0.2) is 48.0 Å². The van der Waals surface area contributed by atoms with Crippen LogP contribution >= 0.6 is 11.3 Å². The smallest absolute Gasteiger partial charge is 0.278 e. The summed E-state index contributed by atoms with van der Waals surface area (Å²) in [5.41, 5.74) is 3.87. The highest BCUT2D eigenvalue weighted by molar-refractivity contribution is 7.14. The van der Waals surface area contributed by atoms with E-state index in [1.165, 1.54) is 11.1 Å². The molecule has 33 heavy (non-hydrogen) atoms. The van der Waals surface area contributed by atoms with E-state index in [2.05, 4.69) is 60.1 Å². The number of benzene rings is 1. The number of fused-ring (bicyclic) bond motifs is 2. The summed E-state index contributed by atoms with van der Waals surface area (Å²) in [6.45, 7) is 12.4. The number of nitrogens with one attached hydrogen (secondary N) is 2. The summed E-state index contributed by atoms with van der Waals surface area (Å²) in [4.78, 5) is 26.9. The molecule has 1 aliphatic heterocycles. The first kappa shape index (κ1) is 21.5. The van der Waals surface area contributed by atoms with Gasteiger partial charge in [0.2, 0.25) is 5.95 Å². The molecular weight excluding hydrogens is 434 g/mol. The van der Waals surface area contributed by atoms with Crippen LogP contribution < -0.4 is 16.2 Å². The number of thiazole rings is 1. The second-order valence-corrected chi connectivity index (χ2v) is 10.2. The molecule has 1 aromatic carbocycles. The van der Waals surface area contributed by atoms with Crippen LogP contribution in [0, 0.1) is 0 Å². The van der Waals surface area contributed by atoms with Gasteiger partial charge in [0.1, 0.15) is 15.4 Å². The zero-order valence-corrected chi connectivity index (χ0v) is 19.9. The first-order chi connectivity index (χ1) is 15.8. The molecule has 0 amide bonds. The maximum Gasteiger partial charge on any atom is 0.278 e. The summed E-state index contributed by atoms with van der Waals surface area (Å²) >= 11 is 1.56. The number of hydrogen-bond donors (Lipinski definition) is 2. The number of nitrogens with zero attached hydrogens (tertiary/aromatic N) is 5. The highest BCUT2D eigenvalue weighted by Gasteiger charge is 2.22. The van der Waals surface area contributed by atoms with Crippen molar-refractivity contribution in [3.63, 3.8) is 0 Å². The molecule has 0 aliphatic carbocycles. The van der Waals surface area contributed by atoms with Crippen LogP contribution in [0.1, 0.15) is 36.9 Å². The van der Waals surface area contributed by atoms with Crippen molar-refractivity contribution in [2.75, 3.05) is 11.9 Å². The number of rotatable bonds is 5. The van der Waals surface area contributed by atoms with Crippen molar-refractivity contribution in [3.8, 4) is 5.00 Å². The summed E-state index contributed by atoms with van der Waals surface area (Å²) in [6, 6.07) is 6.33. The molecule has 1 aliphatic rings. The minimum absolute atomic E-state index is 0.0849. The molecule has 5 rings (SSSR count). The zero-order valence-electron chi connectivity index (χ0n) is 19.1. The first-order valence-electron chi connectivity index (χ1n) is 11.0. The van der Waals surface area contributed by atoms with E-state index in [0.29, 0.717) is 23.5 Å². The van der Waals surface area contributed by atoms with Crippen LogP contribution in [0.5, 0.6) is 0 Å². The van der Waals surface area contributed by atoms with Gasteiger partial charge in [0.15, 0.2) is 5.65 Å². The topological polar surface area (TPSA) is 89.7 Å². The number of aromatic nitrogens is 5. The van der Waals surface area contributed by atoms with Crippen molar-refractivity contribution < 1.29 is 0 Å². The lowest BCUT2D eigenvalue weighted by molar-refractivity contribution is 0.585. The Bertz CT molecular complexity index is 1410. The van der Waals surface area contributed by atoms with Gasteiger partial charge in [-0.1, -0.05) is 44.3 Å². The molecule has 0 saturated carbocycles. The normalized spacial score (nSPS) is 13.8. The van der Waals surface area contributed by atoms with Crippen molar-refractivity contribution in [1.29, 1.82) is 0 Å². The predicted molar refractivity (Wildman–Crippen MR) is 133 cm³/mol. The fraction of sp³-hybridized carbons (Fsp3) is 0.333. The van der Waals surface area contributed by atoms with Gasteiger partial charge in [-0.2, -0.15) is 4.98 Å². The molecule has 0 spiro atoms. The monoisotopic (exact) mass is 461 g/mol. The van der Waals surface area contributed by atoms with Crippen molar-refractivity contribution in [3.05, 3.63) is 69.7 Å². The second kappa shape index (κ2) is 8.24. The molecule has 8 nitrogen and oxygen atoms in total. The minimum atomic E-state index is -0.151. The van der Waals surface area contributed by atoms with Crippen LogP contribution in [-0.4, -0.2) is 30.9 Å². The lowest BCUT2D eigenvalue weighted by Crippen LogP contribution is -2.23. The third kappa shape index (κ3) is 3.98. The average molecular weight is 462 g/mol. The van der Waals surface area contributed by atoms with Gasteiger partial charge in [-0.15, -0.1) is 6.58 Å². The van der Waals surface area contributed by atoms with Crippen molar-refractivity contribution in [2.45, 2.75) is 45.7 Å². The van der Waals surface area contributed by atoms with Gasteiger partial charge in [-0.3, -0.25) is 4.79 Å². The van der Waals surface area contributed by atoms with E-state index in [1.807, 2.05) is 10.7 Å². The SMILES string of the molecule is C=CCn1c(=O)c2cnc(Nc3ccc4c(c3)CNCC4)nc2n1-c1cnc(C(C)(C)C)s1.